The van der Waals surface area contributed by atoms with Crippen molar-refractivity contribution in [3.8, 4) is 0 Å². The molecule has 48 valence electrons. The molecule has 0 aromatic rings. The van der Waals surface area contributed by atoms with Gasteiger partial charge in [-0.1, -0.05) is 26.0 Å². The van der Waals surface area contributed by atoms with Gasteiger partial charge in [-0.05, 0) is 12.8 Å². The van der Waals surface area contributed by atoms with Gasteiger partial charge < -0.3 is 5.73 Å². The third-order valence-electron chi connectivity index (χ3n) is 0.800. The molecule has 0 saturated heterocycles. The zero-order valence-electron chi connectivity index (χ0n) is 5.89. The van der Waals surface area contributed by atoms with Gasteiger partial charge in [0.1, 0.15) is 0 Å². The molecule has 0 saturated carbocycles. The van der Waals surface area contributed by atoms with Crippen LogP contribution in [0, 0.1) is 5.92 Å². The lowest BCUT2D eigenvalue weighted by Crippen LogP contribution is -2.10. The fourth-order valence-electron chi connectivity index (χ4n) is 0.397. The Kier molecular flexibility index (Phi) is 3.53. The second-order valence-corrected chi connectivity index (χ2v) is 2.49. The van der Waals surface area contributed by atoms with Crippen molar-refractivity contribution in [3.05, 3.63) is 12.2 Å². The zero-order valence-corrected chi connectivity index (χ0v) is 5.89. The summed E-state index contributed by atoms with van der Waals surface area (Å²) in [7, 11) is 0. The molecule has 2 N–H and O–H groups in total. The molecule has 0 aromatic carbocycles. The summed E-state index contributed by atoms with van der Waals surface area (Å²) in [5.74, 6) is 0.626. The SMILES string of the molecule is CC(C)/C=C\[C@H](C)N. The first-order valence-electron chi connectivity index (χ1n) is 3.07. The predicted molar refractivity (Wildman–Crippen MR) is 37.6 cm³/mol. The van der Waals surface area contributed by atoms with E-state index in [-0.39, 0.29) is 6.04 Å². The van der Waals surface area contributed by atoms with Gasteiger partial charge in [-0.2, -0.15) is 0 Å². The van der Waals surface area contributed by atoms with Crippen molar-refractivity contribution in [2.24, 2.45) is 11.7 Å². The molecule has 1 nitrogen and oxygen atoms in total. The molecule has 0 aliphatic carbocycles. The quantitative estimate of drug-likeness (QED) is 0.540. The van der Waals surface area contributed by atoms with Gasteiger partial charge in [0.15, 0.2) is 0 Å². The molecule has 1 atom stereocenters. The third-order valence-corrected chi connectivity index (χ3v) is 0.800. The van der Waals surface area contributed by atoms with Crippen molar-refractivity contribution in [2.75, 3.05) is 0 Å². The summed E-state index contributed by atoms with van der Waals surface area (Å²) in [5, 5.41) is 0. The summed E-state index contributed by atoms with van der Waals surface area (Å²) in [4.78, 5) is 0. The van der Waals surface area contributed by atoms with Crippen molar-refractivity contribution >= 4 is 0 Å². The highest BCUT2D eigenvalue weighted by Gasteiger charge is 1.85. The van der Waals surface area contributed by atoms with E-state index in [1.807, 2.05) is 13.0 Å². The molecule has 0 unspecified atom stereocenters. The maximum absolute atomic E-state index is 5.45. The minimum absolute atomic E-state index is 0.206. The van der Waals surface area contributed by atoms with Crippen LogP contribution >= 0.6 is 0 Å². The lowest BCUT2D eigenvalue weighted by Gasteiger charge is -1.95. The molecule has 0 amide bonds. The maximum atomic E-state index is 5.45. The lowest BCUT2D eigenvalue weighted by atomic mass is 10.2. The monoisotopic (exact) mass is 113 g/mol. The van der Waals surface area contributed by atoms with Gasteiger partial charge in [-0.25, -0.2) is 0 Å². The van der Waals surface area contributed by atoms with E-state index >= 15 is 0 Å². The predicted octanol–water partition coefficient (Wildman–Crippen LogP) is 1.55. The van der Waals surface area contributed by atoms with Gasteiger partial charge >= 0.3 is 0 Å². The van der Waals surface area contributed by atoms with Crippen LogP contribution in [0.5, 0.6) is 0 Å². The first kappa shape index (κ1) is 7.70. The van der Waals surface area contributed by atoms with E-state index in [2.05, 4.69) is 19.9 Å². The van der Waals surface area contributed by atoms with Crippen LogP contribution in [0.25, 0.3) is 0 Å². The van der Waals surface area contributed by atoms with Crippen molar-refractivity contribution in [3.63, 3.8) is 0 Å². The van der Waals surface area contributed by atoms with E-state index in [0.29, 0.717) is 5.92 Å². The number of hydrogen-bond donors (Lipinski definition) is 1. The maximum Gasteiger partial charge on any atom is 0.0194 e. The Labute approximate surface area is 51.6 Å². The number of rotatable bonds is 2. The van der Waals surface area contributed by atoms with Gasteiger partial charge in [0, 0.05) is 6.04 Å². The van der Waals surface area contributed by atoms with Crippen molar-refractivity contribution in [1.82, 2.24) is 0 Å². The van der Waals surface area contributed by atoms with Crippen LogP contribution < -0.4 is 5.73 Å². The Bertz CT molecular complexity index is 62.5. The molecule has 1 heteroatoms. The standard InChI is InChI=1S/C7H15N/c1-6(2)4-5-7(3)8/h4-7H,8H2,1-3H3/b5-4-/t7-/m0/s1. The fourth-order valence-corrected chi connectivity index (χ4v) is 0.397. The second kappa shape index (κ2) is 3.67. The van der Waals surface area contributed by atoms with Crippen LogP contribution in [0.1, 0.15) is 20.8 Å². The molecule has 0 spiro atoms. The Hall–Kier alpha value is -0.300. The minimum Gasteiger partial charge on any atom is -0.325 e. The first-order valence-corrected chi connectivity index (χ1v) is 3.07. The van der Waals surface area contributed by atoms with Gasteiger partial charge in [-0.15, -0.1) is 0 Å². The fraction of sp³-hybridized carbons (Fsp3) is 0.714. The van der Waals surface area contributed by atoms with Gasteiger partial charge in [0.2, 0.25) is 0 Å². The third kappa shape index (κ3) is 5.70. The van der Waals surface area contributed by atoms with Crippen LogP contribution in [0.15, 0.2) is 12.2 Å². The summed E-state index contributed by atoms with van der Waals surface area (Å²) in [5.41, 5.74) is 5.45. The molecular weight excluding hydrogens is 98.1 g/mol. The van der Waals surface area contributed by atoms with E-state index in [9.17, 15) is 0 Å². The summed E-state index contributed by atoms with van der Waals surface area (Å²) >= 11 is 0. The Morgan fingerprint density at radius 3 is 1.75 bits per heavy atom. The Balaban J connectivity index is 3.34. The van der Waals surface area contributed by atoms with Crippen LogP contribution in [0.3, 0.4) is 0 Å². The molecule has 0 fully saturated rings. The van der Waals surface area contributed by atoms with E-state index in [0.717, 1.165) is 0 Å². The average Bonchev–Trinajstić information content (AvgIpc) is 1.61. The van der Waals surface area contributed by atoms with E-state index in [4.69, 9.17) is 5.73 Å². The zero-order chi connectivity index (χ0) is 6.57. The molecule has 0 bridgehead atoms. The van der Waals surface area contributed by atoms with Crippen LogP contribution in [0.2, 0.25) is 0 Å². The summed E-state index contributed by atoms with van der Waals surface area (Å²) < 4.78 is 0. The van der Waals surface area contributed by atoms with Crippen molar-refractivity contribution in [2.45, 2.75) is 26.8 Å². The molecular formula is C7H15N. The molecule has 0 heterocycles. The lowest BCUT2D eigenvalue weighted by molar-refractivity contribution is 0.811. The van der Waals surface area contributed by atoms with Gasteiger partial charge in [0.25, 0.3) is 0 Å². The minimum atomic E-state index is 0.206. The molecule has 0 rings (SSSR count). The highest BCUT2D eigenvalue weighted by Crippen LogP contribution is 1.93. The van der Waals surface area contributed by atoms with Crippen molar-refractivity contribution in [1.29, 1.82) is 0 Å². The van der Waals surface area contributed by atoms with E-state index < -0.39 is 0 Å². The van der Waals surface area contributed by atoms with Crippen molar-refractivity contribution < 1.29 is 0 Å². The van der Waals surface area contributed by atoms with E-state index in [1.54, 1.807) is 0 Å². The first-order chi connectivity index (χ1) is 3.63. The van der Waals surface area contributed by atoms with Gasteiger partial charge in [-0.3, -0.25) is 0 Å². The highest BCUT2D eigenvalue weighted by molar-refractivity contribution is 4.90. The second-order valence-electron chi connectivity index (χ2n) is 2.49. The number of nitrogens with two attached hydrogens (primary N) is 1. The topological polar surface area (TPSA) is 26.0 Å². The summed E-state index contributed by atoms with van der Waals surface area (Å²) in [6.07, 6.45) is 4.13. The van der Waals surface area contributed by atoms with Gasteiger partial charge in [0.05, 0.1) is 0 Å². The molecule has 0 aliphatic rings. The number of hydrogen-bond acceptors (Lipinski definition) is 1. The highest BCUT2D eigenvalue weighted by atomic mass is 14.6. The van der Waals surface area contributed by atoms with E-state index in [1.165, 1.54) is 0 Å². The Morgan fingerprint density at radius 2 is 1.62 bits per heavy atom. The number of allylic oxidation sites excluding steroid dienone is 1. The molecule has 8 heavy (non-hydrogen) atoms. The van der Waals surface area contributed by atoms with Crippen LogP contribution in [0.4, 0.5) is 0 Å². The van der Waals surface area contributed by atoms with Crippen LogP contribution in [-0.4, -0.2) is 6.04 Å². The molecule has 0 aliphatic heterocycles. The summed E-state index contributed by atoms with van der Waals surface area (Å²) in [6.45, 7) is 6.25. The average molecular weight is 113 g/mol. The Morgan fingerprint density at radius 1 is 1.12 bits per heavy atom. The normalized spacial score (nSPS) is 15.6. The van der Waals surface area contributed by atoms with Crippen LogP contribution in [-0.2, 0) is 0 Å². The molecule has 0 radical (unpaired) electrons. The molecule has 0 aromatic heterocycles. The summed E-state index contributed by atoms with van der Waals surface area (Å²) in [6, 6.07) is 0.206. The largest absolute Gasteiger partial charge is 0.325 e. The smallest absolute Gasteiger partial charge is 0.0194 e.